The lowest BCUT2D eigenvalue weighted by Crippen LogP contribution is -2.43. The van der Waals surface area contributed by atoms with Crippen LogP contribution in [0.4, 0.5) is 4.79 Å². The first kappa shape index (κ1) is 12.6. The maximum atomic E-state index is 12.3. The first-order chi connectivity index (χ1) is 8.51. The predicted octanol–water partition coefficient (Wildman–Crippen LogP) is 0.990. The van der Waals surface area contributed by atoms with E-state index in [-0.39, 0.29) is 0 Å². The maximum absolute atomic E-state index is 12.3. The lowest BCUT2D eigenvalue weighted by molar-refractivity contribution is -0.143. The zero-order valence-electron chi connectivity index (χ0n) is 9.67. The molecule has 1 aliphatic heterocycles. The third-order valence-electron chi connectivity index (χ3n) is 2.94. The summed E-state index contributed by atoms with van der Waals surface area (Å²) in [5.41, 5.74) is -1.11. The highest BCUT2D eigenvalue weighted by atomic mass is 32.1. The van der Waals surface area contributed by atoms with Gasteiger partial charge in [-0.2, -0.15) is 0 Å². The van der Waals surface area contributed by atoms with Crippen molar-refractivity contribution in [2.45, 2.75) is 18.9 Å². The molecule has 18 heavy (non-hydrogen) atoms. The molecular weight excluding hydrogens is 256 g/mol. The molecule has 0 radical (unpaired) electrons. The molecule has 0 aliphatic carbocycles. The lowest BCUT2D eigenvalue weighted by atomic mass is 9.94. The van der Waals surface area contributed by atoms with E-state index in [2.05, 4.69) is 5.32 Å². The van der Waals surface area contributed by atoms with Crippen molar-refractivity contribution in [3.63, 3.8) is 0 Å². The van der Waals surface area contributed by atoms with Crippen LogP contribution in [-0.2, 0) is 15.1 Å². The van der Waals surface area contributed by atoms with Crippen molar-refractivity contribution in [3.8, 4) is 0 Å². The van der Waals surface area contributed by atoms with Crippen molar-refractivity contribution < 1.29 is 19.5 Å². The van der Waals surface area contributed by atoms with Gasteiger partial charge in [0.2, 0.25) is 0 Å². The van der Waals surface area contributed by atoms with Crippen LogP contribution < -0.4 is 5.32 Å². The van der Waals surface area contributed by atoms with E-state index in [4.69, 9.17) is 5.11 Å². The zero-order valence-corrected chi connectivity index (χ0v) is 10.5. The second kappa shape index (κ2) is 4.41. The smallest absolute Gasteiger partial charge is 0.325 e. The maximum Gasteiger partial charge on any atom is 0.325 e. The van der Waals surface area contributed by atoms with E-state index in [0.29, 0.717) is 6.42 Å². The van der Waals surface area contributed by atoms with Gasteiger partial charge in [-0.15, -0.1) is 11.3 Å². The van der Waals surface area contributed by atoms with Crippen molar-refractivity contribution in [1.29, 1.82) is 0 Å². The first-order valence-electron chi connectivity index (χ1n) is 5.41. The molecule has 1 atom stereocenters. The Kier molecular flexibility index (Phi) is 3.08. The Morgan fingerprint density at radius 1 is 1.56 bits per heavy atom. The highest BCUT2D eigenvalue weighted by Gasteiger charge is 2.52. The average molecular weight is 268 g/mol. The van der Waals surface area contributed by atoms with Crippen LogP contribution in [-0.4, -0.2) is 34.5 Å². The normalized spacial score (nSPS) is 23.3. The van der Waals surface area contributed by atoms with Crippen LogP contribution in [0.15, 0.2) is 17.5 Å². The Hall–Kier alpha value is -1.89. The fourth-order valence-corrected chi connectivity index (χ4v) is 2.95. The number of rotatable bonds is 4. The minimum atomic E-state index is -1.21. The molecule has 1 unspecified atom stereocenters. The largest absolute Gasteiger partial charge is 0.480 e. The Bertz CT molecular complexity index is 499. The Labute approximate surface area is 107 Å². The summed E-state index contributed by atoms with van der Waals surface area (Å²) in [5, 5.41) is 13.1. The van der Waals surface area contributed by atoms with Gasteiger partial charge in [0, 0.05) is 4.88 Å². The predicted molar refractivity (Wildman–Crippen MR) is 64.2 cm³/mol. The van der Waals surface area contributed by atoms with Gasteiger partial charge >= 0.3 is 12.0 Å². The summed E-state index contributed by atoms with van der Waals surface area (Å²) < 4.78 is 0. The Balaban J connectivity index is 2.38. The number of amides is 3. The molecule has 0 bridgehead atoms. The molecule has 1 saturated heterocycles. The molecule has 2 N–H and O–H groups in total. The molecule has 3 amide bonds. The summed E-state index contributed by atoms with van der Waals surface area (Å²) in [5.74, 6) is -1.71. The summed E-state index contributed by atoms with van der Waals surface area (Å²) >= 11 is 1.36. The standard InChI is InChI=1S/C11H12N2O4S/c1-2-11(7-4-3-5-18-7)9(16)13(6-8(14)15)10(17)12-11/h3-5H,2,6H2,1H3,(H,12,17)(H,14,15). The number of urea groups is 1. The van der Waals surface area contributed by atoms with Crippen LogP contribution in [0.5, 0.6) is 0 Å². The van der Waals surface area contributed by atoms with Crippen molar-refractivity contribution in [3.05, 3.63) is 22.4 Å². The summed E-state index contributed by atoms with van der Waals surface area (Å²) in [6, 6.07) is 2.89. The molecule has 6 nitrogen and oxygen atoms in total. The van der Waals surface area contributed by atoms with Gasteiger partial charge in [0.15, 0.2) is 5.54 Å². The minimum Gasteiger partial charge on any atom is -0.480 e. The summed E-state index contributed by atoms with van der Waals surface area (Å²) in [6.07, 6.45) is 0.383. The molecule has 0 aromatic carbocycles. The Morgan fingerprint density at radius 2 is 2.28 bits per heavy atom. The highest BCUT2D eigenvalue weighted by molar-refractivity contribution is 7.10. The second-order valence-corrected chi connectivity index (χ2v) is 4.90. The molecule has 1 aromatic rings. The van der Waals surface area contributed by atoms with Crippen LogP contribution >= 0.6 is 11.3 Å². The molecule has 0 spiro atoms. The van der Waals surface area contributed by atoms with Gasteiger partial charge in [-0.3, -0.25) is 14.5 Å². The van der Waals surface area contributed by atoms with Gasteiger partial charge in [-0.05, 0) is 17.9 Å². The third-order valence-corrected chi connectivity index (χ3v) is 3.97. The third kappa shape index (κ3) is 1.76. The average Bonchev–Trinajstić information content (AvgIpc) is 2.91. The van der Waals surface area contributed by atoms with E-state index in [9.17, 15) is 14.4 Å². The van der Waals surface area contributed by atoms with Crippen molar-refractivity contribution >= 4 is 29.2 Å². The van der Waals surface area contributed by atoms with E-state index in [1.54, 1.807) is 19.1 Å². The number of thiophene rings is 1. The number of carbonyl (C=O) groups is 3. The van der Waals surface area contributed by atoms with E-state index in [1.165, 1.54) is 11.3 Å². The van der Waals surface area contributed by atoms with Gasteiger partial charge < -0.3 is 10.4 Å². The minimum absolute atomic E-state index is 0.383. The first-order valence-corrected chi connectivity index (χ1v) is 6.29. The van der Waals surface area contributed by atoms with E-state index < -0.39 is 30.0 Å². The molecule has 96 valence electrons. The van der Waals surface area contributed by atoms with Crippen LogP contribution in [0, 0.1) is 0 Å². The van der Waals surface area contributed by atoms with Crippen LogP contribution in [0.25, 0.3) is 0 Å². The zero-order chi connectivity index (χ0) is 13.3. The molecule has 1 fully saturated rings. The van der Waals surface area contributed by atoms with E-state index in [1.807, 2.05) is 5.38 Å². The molecule has 2 heterocycles. The molecule has 1 aliphatic rings. The molecule has 0 saturated carbocycles. The number of aliphatic carboxylic acids is 1. The van der Waals surface area contributed by atoms with Gasteiger partial charge in [-0.1, -0.05) is 13.0 Å². The van der Waals surface area contributed by atoms with Crippen molar-refractivity contribution in [1.82, 2.24) is 10.2 Å². The summed E-state index contributed by atoms with van der Waals surface area (Å²) in [4.78, 5) is 36.1. The van der Waals surface area contributed by atoms with Crippen LogP contribution in [0.3, 0.4) is 0 Å². The fraction of sp³-hybridized carbons (Fsp3) is 0.364. The van der Waals surface area contributed by atoms with Gasteiger partial charge in [0.1, 0.15) is 6.54 Å². The number of nitrogens with zero attached hydrogens (tertiary/aromatic N) is 1. The topological polar surface area (TPSA) is 86.7 Å². The number of carbonyl (C=O) groups excluding carboxylic acids is 2. The summed E-state index contributed by atoms with van der Waals surface area (Å²) in [7, 11) is 0. The number of carboxylic acid groups (broad SMARTS) is 1. The number of nitrogens with one attached hydrogen (secondary N) is 1. The fourth-order valence-electron chi connectivity index (χ4n) is 2.01. The summed E-state index contributed by atoms with van der Waals surface area (Å²) in [6.45, 7) is 1.17. The molecule has 2 rings (SSSR count). The Morgan fingerprint density at radius 3 is 2.78 bits per heavy atom. The quantitative estimate of drug-likeness (QED) is 0.797. The van der Waals surface area contributed by atoms with Crippen molar-refractivity contribution in [2.75, 3.05) is 6.54 Å². The number of hydrogen-bond acceptors (Lipinski definition) is 4. The molecular formula is C11H12N2O4S. The van der Waals surface area contributed by atoms with Crippen LogP contribution in [0.1, 0.15) is 18.2 Å². The van der Waals surface area contributed by atoms with E-state index in [0.717, 1.165) is 9.78 Å². The number of carboxylic acids is 1. The van der Waals surface area contributed by atoms with E-state index >= 15 is 0 Å². The molecule has 7 heteroatoms. The van der Waals surface area contributed by atoms with Gasteiger partial charge in [0.25, 0.3) is 5.91 Å². The molecule has 1 aromatic heterocycles. The van der Waals surface area contributed by atoms with Crippen molar-refractivity contribution in [2.24, 2.45) is 0 Å². The van der Waals surface area contributed by atoms with Gasteiger partial charge in [-0.25, -0.2) is 4.79 Å². The highest BCUT2D eigenvalue weighted by Crippen LogP contribution is 2.34. The monoisotopic (exact) mass is 268 g/mol. The number of hydrogen-bond donors (Lipinski definition) is 2. The number of imide groups is 1. The second-order valence-electron chi connectivity index (χ2n) is 3.95. The lowest BCUT2D eigenvalue weighted by Gasteiger charge is -2.23. The van der Waals surface area contributed by atoms with Gasteiger partial charge in [0.05, 0.1) is 0 Å². The van der Waals surface area contributed by atoms with Crippen LogP contribution in [0.2, 0.25) is 0 Å². The SMILES string of the molecule is CCC1(c2cccs2)NC(=O)N(CC(=O)O)C1=O.